The van der Waals surface area contributed by atoms with E-state index < -0.39 is 0 Å². The molecule has 1 aliphatic rings. The topological polar surface area (TPSA) is 9.23 Å². The van der Waals surface area contributed by atoms with Crippen LogP contribution >= 0.6 is 15.9 Å². The summed E-state index contributed by atoms with van der Waals surface area (Å²) in [6, 6.07) is 8.69. The van der Waals surface area contributed by atoms with Gasteiger partial charge in [0, 0.05) is 10.4 Å². The quantitative estimate of drug-likeness (QED) is 0.671. The van der Waals surface area contributed by atoms with Crippen molar-refractivity contribution in [3.05, 3.63) is 34.3 Å². The number of hydrogen-bond donors (Lipinski definition) is 0. The largest absolute Gasteiger partial charge is 0.378 e. The third-order valence-electron chi connectivity index (χ3n) is 3.84. The van der Waals surface area contributed by atoms with Gasteiger partial charge in [0.1, 0.15) is 0 Å². The van der Waals surface area contributed by atoms with Gasteiger partial charge in [-0.15, -0.1) is 0 Å². The zero-order valence-corrected chi connectivity index (χ0v) is 12.8. The molecule has 0 N–H and O–H groups in total. The minimum atomic E-state index is 0.517. The Morgan fingerprint density at radius 2 is 1.94 bits per heavy atom. The summed E-state index contributed by atoms with van der Waals surface area (Å²) in [5.74, 6) is 0.598. The van der Waals surface area contributed by atoms with Crippen molar-refractivity contribution in [2.45, 2.75) is 57.5 Å². The Morgan fingerprint density at radius 1 is 1.17 bits per heavy atom. The Bertz CT molecular complexity index is 339. The van der Waals surface area contributed by atoms with Crippen molar-refractivity contribution >= 4 is 15.9 Å². The summed E-state index contributed by atoms with van der Waals surface area (Å²) in [6.45, 7) is 3.16. The lowest BCUT2D eigenvalue weighted by atomic mass is 9.90. The molecule has 0 aliphatic carbocycles. The van der Waals surface area contributed by atoms with Gasteiger partial charge in [0.25, 0.3) is 0 Å². The standard InChI is InChI=1S/C16H23BrO/c1-2-3-4-5-16-11-8-14(12-18-16)13-6-9-15(17)10-7-13/h6-7,9-10,14,16H,2-5,8,11-12H2,1H3. The second-order valence-electron chi connectivity index (χ2n) is 5.28. The predicted molar refractivity (Wildman–Crippen MR) is 80.0 cm³/mol. The maximum Gasteiger partial charge on any atom is 0.0575 e. The number of unbranched alkanes of at least 4 members (excludes halogenated alkanes) is 2. The van der Waals surface area contributed by atoms with E-state index in [1.54, 1.807) is 0 Å². The Balaban J connectivity index is 1.77. The van der Waals surface area contributed by atoms with Crippen LogP contribution in [-0.4, -0.2) is 12.7 Å². The molecule has 1 heterocycles. The van der Waals surface area contributed by atoms with Gasteiger partial charge in [0.2, 0.25) is 0 Å². The van der Waals surface area contributed by atoms with E-state index in [2.05, 4.69) is 47.1 Å². The van der Waals surface area contributed by atoms with Crippen LogP contribution in [0.3, 0.4) is 0 Å². The summed E-state index contributed by atoms with van der Waals surface area (Å²) in [7, 11) is 0. The summed E-state index contributed by atoms with van der Waals surface area (Å²) in [4.78, 5) is 0. The van der Waals surface area contributed by atoms with Crippen LogP contribution in [0.5, 0.6) is 0 Å². The number of benzene rings is 1. The van der Waals surface area contributed by atoms with Gasteiger partial charge in [-0.2, -0.15) is 0 Å². The van der Waals surface area contributed by atoms with Crippen molar-refractivity contribution in [3.8, 4) is 0 Å². The number of ether oxygens (including phenoxy) is 1. The number of hydrogen-bond acceptors (Lipinski definition) is 1. The Hall–Kier alpha value is -0.340. The molecule has 0 radical (unpaired) electrons. The van der Waals surface area contributed by atoms with Crippen LogP contribution in [0.1, 0.15) is 56.9 Å². The highest BCUT2D eigenvalue weighted by atomic mass is 79.9. The van der Waals surface area contributed by atoms with Gasteiger partial charge in [-0.25, -0.2) is 0 Å². The zero-order valence-electron chi connectivity index (χ0n) is 11.2. The van der Waals surface area contributed by atoms with Crippen LogP contribution in [0.2, 0.25) is 0 Å². The van der Waals surface area contributed by atoms with Gasteiger partial charge in [-0.05, 0) is 37.0 Å². The predicted octanol–water partition coefficient (Wildman–Crippen LogP) is 5.29. The zero-order chi connectivity index (χ0) is 12.8. The van der Waals surface area contributed by atoms with E-state index in [0.717, 1.165) is 11.1 Å². The van der Waals surface area contributed by atoms with E-state index >= 15 is 0 Å². The Labute approximate surface area is 119 Å². The SMILES string of the molecule is CCCCCC1CCC(c2ccc(Br)cc2)CO1. The van der Waals surface area contributed by atoms with Crippen molar-refractivity contribution < 1.29 is 4.74 Å². The van der Waals surface area contributed by atoms with Crippen molar-refractivity contribution in [3.63, 3.8) is 0 Å². The van der Waals surface area contributed by atoms with Crippen LogP contribution in [0, 0.1) is 0 Å². The molecule has 18 heavy (non-hydrogen) atoms. The normalized spacial score (nSPS) is 24.1. The molecule has 0 spiro atoms. The molecule has 0 aromatic heterocycles. The molecule has 0 amide bonds. The van der Waals surface area contributed by atoms with E-state index in [-0.39, 0.29) is 0 Å². The molecule has 100 valence electrons. The monoisotopic (exact) mass is 310 g/mol. The van der Waals surface area contributed by atoms with Gasteiger partial charge in [-0.3, -0.25) is 0 Å². The molecular formula is C16H23BrO. The van der Waals surface area contributed by atoms with E-state index in [0.29, 0.717) is 12.0 Å². The first kappa shape index (κ1) is 14.1. The Kier molecular flexibility index (Phi) is 5.71. The highest BCUT2D eigenvalue weighted by Gasteiger charge is 2.22. The van der Waals surface area contributed by atoms with Crippen LogP contribution in [0.4, 0.5) is 0 Å². The first-order valence-electron chi connectivity index (χ1n) is 7.16. The van der Waals surface area contributed by atoms with Gasteiger partial charge in [-0.1, -0.05) is 54.2 Å². The molecule has 1 aliphatic heterocycles. The summed E-state index contributed by atoms with van der Waals surface area (Å²) in [5, 5.41) is 0. The summed E-state index contributed by atoms with van der Waals surface area (Å²) >= 11 is 3.48. The highest BCUT2D eigenvalue weighted by molar-refractivity contribution is 9.10. The fourth-order valence-corrected chi connectivity index (χ4v) is 2.92. The number of halogens is 1. The molecule has 1 nitrogen and oxygen atoms in total. The van der Waals surface area contributed by atoms with Crippen molar-refractivity contribution in [2.75, 3.05) is 6.61 Å². The first-order valence-corrected chi connectivity index (χ1v) is 7.96. The van der Waals surface area contributed by atoms with Crippen molar-refractivity contribution in [2.24, 2.45) is 0 Å². The van der Waals surface area contributed by atoms with E-state index in [4.69, 9.17) is 4.74 Å². The molecule has 1 aromatic rings. The molecule has 0 bridgehead atoms. The van der Waals surface area contributed by atoms with Crippen LogP contribution in [0.25, 0.3) is 0 Å². The van der Waals surface area contributed by atoms with E-state index in [1.165, 1.54) is 44.1 Å². The van der Waals surface area contributed by atoms with Gasteiger partial charge in [0.05, 0.1) is 12.7 Å². The van der Waals surface area contributed by atoms with Crippen molar-refractivity contribution in [1.29, 1.82) is 0 Å². The molecule has 0 saturated carbocycles. The summed E-state index contributed by atoms with van der Waals surface area (Å²) in [6.07, 6.45) is 8.24. The third kappa shape index (κ3) is 4.10. The fourth-order valence-electron chi connectivity index (χ4n) is 2.65. The Morgan fingerprint density at radius 3 is 2.56 bits per heavy atom. The minimum absolute atomic E-state index is 0.517. The summed E-state index contributed by atoms with van der Waals surface area (Å²) < 4.78 is 7.16. The van der Waals surface area contributed by atoms with Gasteiger partial charge >= 0.3 is 0 Å². The number of rotatable bonds is 5. The molecular weight excluding hydrogens is 288 g/mol. The summed E-state index contributed by atoms with van der Waals surface area (Å²) in [5.41, 5.74) is 1.42. The third-order valence-corrected chi connectivity index (χ3v) is 4.37. The molecule has 2 rings (SSSR count). The minimum Gasteiger partial charge on any atom is -0.378 e. The second kappa shape index (κ2) is 7.30. The lowest BCUT2D eigenvalue weighted by molar-refractivity contribution is -0.00207. The fraction of sp³-hybridized carbons (Fsp3) is 0.625. The molecule has 1 aromatic carbocycles. The van der Waals surface area contributed by atoms with E-state index in [1.807, 2.05) is 0 Å². The molecule has 2 atom stereocenters. The van der Waals surface area contributed by atoms with E-state index in [9.17, 15) is 0 Å². The second-order valence-corrected chi connectivity index (χ2v) is 6.19. The molecule has 2 heteroatoms. The van der Waals surface area contributed by atoms with Gasteiger partial charge < -0.3 is 4.74 Å². The lowest BCUT2D eigenvalue weighted by Crippen LogP contribution is -2.24. The smallest absolute Gasteiger partial charge is 0.0575 e. The average molecular weight is 311 g/mol. The molecule has 2 unspecified atom stereocenters. The van der Waals surface area contributed by atoms with Crippen LogP contribution in [-0.2, 0) is 4.74 Å². The van der Waals surface area contributed by atoms with Crippen LogP contribution < -0.4 is 0 Å². The van der Waals surface area contributed by atoms with Crippen molar-refractivity contribution in [1.82, 2.24) is 0 Å². The molecule has 1 fully saturated rings. The molecule has 1 saturated heterocycles. The first-order chi connectivity index (χ1) is 8.79. The average Bonchev–Trinajstić information content (AvgIpc) is 2.41. The maximum absolute atomic E-state index is 6.01. The van der Waals surface area contributed by atoms with Gasteiger partial charge in [0.15, 0.2) is 0 Å². The highest BCUT2D eigenvalue weighted by Crippen LogP contribution is 2.30. The van der Waals surface area contributed by atoms with Crippen LogP contribution in [0.15, 0.2) is 28.7 Å². The lowest BCUT2D eigenvalue weighted by Gasteiger charge is -2.29. The maximum atomic E-state index is 6.01.